The van der Waals surface area contributed by atoms with Crippen LogP contribution in [-0.2, 0) is 13.5 Å². The lowest BCUT2D eigenvalue weighted by Gasteiger charge is -2.10. The number of benzene rings is 1. The normalized spacial score (nSPS) is 10.7. The zero-order valence-electron chi connectivity index (χ0n) is 11.8. The molecule has 0 saturated heterocycles. The number of Topliss-reactive ketones (excluding diaryl/α,β-unsaturated/α-hetero) is 1. The zero-order valence-corrected chi connectivity index (χ0v) is 11.8. The first kappa shape index (κ1) is 13.3. The SMILES string of the molecule is Cc1cc(C)c(CC(=O)c2cnn(C)c2N)c(C)c1. The summed E-state index contributed by atoms with van der Waals surface area (Å²) in [5.74, 6) is 0.438. The summed E-state index contributed by atoms with van der Waals surface area (Å²) in [7, 11) is 1.73. The van der Waals surface area contributed by atoms with Crippen LogP contribution in [0, 0.1) is 20.8 Å². The van der Waals surface area contributed by atoms with Gasteiger partial charge in [0.25, 0.3) is 0 Å². The van der Waals surface area contributed by atoms with E-state index in [0.717, 1.165) is 16.7 Å². The molecule has 2 rings (SSSR count). The minimum atomic E-state index is 0.0145. The highest BCUT2D eigenvalue weighted by Gasteiger charge is 2.16. The Bertz CT molecular complexity index is 618. The monoisotopic (exact) mass is 257 g/mol. The molecule has 0 aliphatic heterocycles. The molecule has 0 aliphatic carbocycles. The number of aromatic nitrogens is 2. The molecule has 1 aromatic heterocycles. The van der Waals surface area contributed by atoms with Gasteiger partial charge in [-0.05, 0) is 37.5 Å². The molecule has 2 aromatic rings. The largest absolute Gasteiger partial charge is 0.383 e. The second-order valence-electron chi connectivity index (χ2n) is 5.04. The molecule has 0 saturated carbocycles. The van der Waals surface area contributed by atoms with Crippen LogP contribution < -0.4 is 5.73 Å². The van der Waals surface area contributed by atoms with Crippen molar-refractivity contribution in [3.05, 3.63) is 46.1 Å². The van der Waals surface area contributed by atoms with E-state index in [4.69, 9.17) is 5.73 Å². The number of anilines is 1. The average molecular weight is 257 g/mol. The second-order valence-corrected chi connectivity index (χ2v) is 5.04. The van der Waals surface area contributed by atoms with Gasteiger partial charge in [0.05, 0.1) is 11.8 Å². The van der Waals surface area contributed by atoms with E-state index < -0.39 is 0 Å². The molecule has 100 valence electrons. The number of ketones is 1. The first-order valence-corrected chi connectivity index (χ1v) is 6.27. The van der Waals surface area contributed by atoms with Crippen LogP contribution in [-0.4, -0.2) is 15.6 Å². The summed E-state index contributed by atoms with van der Waals surface area (Å²) in [6, 6.07) is 4.20. The zero-order chi connectivity index (χ0) is 14.2. The molecule has 1 heterocycles. The molecule has 2 N–H and O–H groups in total. The summed E-state index contributed by atoms with van der Waals surface area (Å²) in [6.45, 7) is 6.13. The van der Waals surface area contributed by atoms with Crippen LogP contribution in [0.2, 0.25) is 0 Å². The van der Waals surface area contributed by atoms with Crippen molar-refractivity contribution in [3.8, 4) is 0 Å². The molecule has 1 aromatic carbocycles. The standard InChI is InChI=1S/C15H19N3O/c1-9-5-10(2)12(11(3)6-9)7-14(19)13-8-17-18(4)15(13)16/h5-6,8H,7,16H2,1-4H3. The van der Waals surface area contributed by atoms with Gasteiger partial charge in [0.1, 0.15) is 5.82 Å². The third-order valence-corrected chi connectivity index (χ3v) is 3.46. The molecule has 0 fully saturated rings. The summed E-state index contributed by atoms with van der Waals surface area (Å²) in [5, 5.41) is 4.01. The fourth-order valence-electron chi connectivity index (χ4n) is 2.41. The minimum absolute atomic E-state index is 0.0145. The van der Waals surface area contributed by atoms with E-state index in [9.17, 15) is 4.79 Å². The van der Waals surface area contributed by atoms with Crippen molar-refractivity contribution in [2.45, 2.75) is 27.2 Å². The molecule has 0 aliphatic rings. The van der Waals surface area contributed by atoms with Gasteiger partial charge in [-0.15, -0.1) is 0 Å². The van der Waals surface area contributed by atoms with Crippen molar-refractivity contribution >= 4 is 11.6 Å². The smallest absolute Gasteiger partial charge is 0.172 e. The van der Waals surface area contributed by atoms with E-state index in [0.29, 0.717) is 17.8 Å². The number of nitrogens with two attached hydrogens (primary N) is 1. The maximum absolute atomic E-state index is 12.3. The first-order chi connectivity index (χ1) is 8.90. The molecule has 4 nitrogen and oxygen atoms in total. The van der Waals surface area contributed by atoms with E-state index in [1.165, 1.54) is 16.4 Å². The van der Waals surface area contributed by atoms with Crippen molar-refractivity contribution in [3.63, 3.8) is 0 Å². The van der Waals surface area contributed by atoms with Gasteiger partial charge >= 0.3 is 0 Å². The highest BCUT2D eigenvalue weighted by atomic mass is 16.1. The van der Waals surface area contributed by atoms with Crippen LogP contribution in [0.5, 0.6) is 0 Å². The number of carbonyl (C=O) groups excluding carboxylic acids is 1. The Morgan fingerprint density at radius 2 is 1.84 bits per heavy atom. The molecular weight excluding hydrogens is 238 g/mol. The highest BCUT2D eigenvalue weighted by molar-refractivity contribution is 6.01. The third kappa shape index (κ3) is 2.52. The van der Waals surface area contributed by atoms with Gasteiger partial charge in [0.15, 0.2) is 5.78 Å². The van der Waals surface area contributed by atoms with Crippen molar-refractivity contribution in [1.29, 1.82) is 0 Å². The molecule has 0 spiro atoms. The number of aryl methyl sites for hydroxylation is 4. The van der Waals surface area contributed by atoms with Crippen LogP contribution in [0.3, 0.4) is 0 Å². The van der Waals surface area contributed by atoms with Crippen molar-refractivity contribution < 1.29 is 4.79 Å². The fraction of sp³-hybridized carbons (Fsp3) is 0.333. The molecule has 4 heteroatoms. The summed E-state index contributed by atoms with van der Waals surface area (Å²) < 4.78 is 1.52. The van der Waals surface area contributed by atoms with Crippen molar-refractivity contribution in [1.82, 2.24) is 9.78 Å². The van der Waals surface area contributed by atoms with Crippen LogP contribution in [0.4, 0.5) is 5.82 Å². The quantitative estimate of drug-likeness (QED) is 0.859. The van der Waals surface area contributed by atoms with E-state index in [1.54, 1.807) is 7.05 Å². The van der Waals surface area contributed by atoms with Gasteiger partial charge in [-0.2, -0.15) is 5.10 Å². The maximum atomic E-state index is 12.3. The van der Waals surface area contributed by atoms with Gasteiger partial charge in [0, 0.05) is 13.5 Å². The Morgan fingerprint density at radius 3 is 2.32 bits per heavy atom. The number of nitrogens with zero attached hydrogens (tertiary/aromatic N) is 2. The number of hydrogen-bond donors (Lipinski definition) is 1. The van der Waals surface area contributed by atoms with Gasteiger partial charge < -0.3 is 5.73 Å². The lowest BCUT2D eigenvalue weighted by Crippen LogP contribution is -2.09. The molecule has 0 radical (unpaired) electrons. The molecule has 0 amide bonds. The highest BCUT2D eigenvalue weighted by Crippen LogP contribution is 2.20. The lowest BCUT2D eigenvalue weighted by molar-refractivity contribution is 0.0993. The van der Waals surface area contributed by atoms with Crippen LogP contribution in [0.1, 0.15) is 32.6 Å². The van der Waals surface area contributed by atoms with Crippen LogP contribution >= 0.6 is 0 Å². The molecule has 0 atom stereocenters. The van der Waals surface area contributed by atoms with Gasteiger partial charge in [-0.1, -0.05) is 17.7 Å². The average Bonchev–Trinajstić information content (AvgIpc) is 2.64. The summed E-state index contributed by atoms with van der Waals surface area (Å²) >= 11 is 0. The van der Waals surface area contributed by atoms with Crippen molar-refractivity contribution in [2.75, 3.05) is 5.73 Å². The molecule has 19 heavy (non-hydrogen) atoms. The third-order valence-electron chi connectivity index (χ3n) is 3.46. The van der Waals surface area contributed by atoms with Gasteiger partial charge in [-0.3, -0.25) is 9.48 Å². The number of hydrogen-bond acceptors (Lipinski definition) is 3. The Kier molecular flexibility index (Phi) is 3.42. The number of carbonyl (C=O) groups is 1. The van der Waals surface area contributed by atoms with Crippen molar-refractivity contribution in [2.24, 2.45) is 7.05 Å². The molecule has 0 unspecified atom stereocenters. The predicted octanol–water partition coefficient (Wildman–Crippen LogP) is 2.35. The Labute approximate surface area is 113 Å². The summed E-state index contributed by atoms with van der Waals surface area (Å²) in [5.41, 5.74) is 10.9. The van der Waals surface area contributed by atoms with Crippen LogP contribution in [0.15, 0.2) is 18.3 Å². The molecular formula is C15H19N3O. The topological polar surface area (TPSA) is 60.9 Å². The summed E-state index contributed by atoms with van der Waals surface area (Å²) in [6.07, 6.45) is 1.91. The minimum Gasteiger partial charge on any atom is -0.383 e. The summed E-state index contributed by atoms with van der Waals surface area (Å²) in [4.78, 5) is 12.3. The number of nitrogen functional groups attached to an aromatic ring is 1. The Hall–Kier alpha value is -2.10. The fourth-order valence-corrected chi connectivity index (χ4v) is 2.41. The Balaban J connectivity index is 2.32. The molecule has 0 bridgehead atoms. The van der Waals surface area contributed by atoms with E-state index >= 15 is 0 Å². The van der Waals surface area contributed by atoms with E-state index in [2.05, 4.69) is 24.2 Å². The van der Waals surface area contributed by atoms with Gasteiger partial charge in [0.2, 0.25) is 0 Å². The number of rotatable bonds is 3. The Morgan fingerprint density at radius 1 is 1.26 bits per heavy atom. The van der Waals surface area contributed by atoms with E-state index in [1.807, 2.05) is 13.8 Å². The second kappa shape index (κ2) is 4.88. The lowest BCUT2D eigenvalue weighted by atomic mass is 9.94. The van der Waals surface area contributed by atoms with Gasteiger partial charge in [-0.25, -0.2) is 0 Å². The first-order valence-electron chi connectivity index (χ1n) is 6.27. The van der Waals surface area contributed by atoms with Crippen LogP contribution in [0.25, 0.3) is 0 Å². The predicted molar refractivity (Wildman–Crippen MR) is 76.3 cm³/mol. The van der Waals surface area contributed by atoms with E-state index in [-0.39, 0.29) is 5.78 Å². The maximum Gasteiger partial charge on any atom is 0.172 e.